The van der Waals surface area contributed by atoms with E-state index in [2.05, 4.69) is 27.5 Å². The lowest BCUT2D eigenvalue weighted by Crippen LogP contribution is -2.46. The van der Waals surface area contributed by atoms with E-state index in [-0.39, 0.29) is 17.6 Å². The molecule has 0 spiro atoms. The van der Waals surface area contributed by atoms with Crippen LogP contribution in [0, 0.1) is 0 Å². The van der Waals surface area contributed by atoms with Crippen LogP contribution < -0.4 is 15.4 Å². The first-order valence-corrected chi connectivity index (χ1v) is 10.7. The zero-order chi connectivity index (χ0) is 21.8. The normalized spacial score (nSPS) is 18.3. The number of halogens is 1. The molecule has 2 N–H and O–H groups in total. The topological polar surface area (TPSA) is 73.9 Å². The second-order valence-corrected chi connectivity index (χ2v) is 8.17. The van der Waals surface area contributed by atoms with E-state index in [0.29, 0.717) is 28.6 Å². The zero-order valence-corrected chi connectivity index (χ0v) is 18.1. The molecule has 0 atom stereocenters. The Labute approximate surface area is 186 Å². The summed E-state index contributed by atoms with van der Waals surface area (Å²) >= 11 is 6.00. The van der Waals surface area contributed by atoms with Gasteiger partial charge < -0.3 is 20.3 Å². The fourth-order valence-electron chi connectivity index (χ4n) is 3.55. The van der Waals surface area contributed by atoms with Gasteiger partial charge >= 0.3 is 0 Å². The van der Waals surface area contributed by atoms with Crippen molar-refractivity contribution in [2.24, 2.45) is 0 Å². The minimum atomic E-state index is -0.375. The molecule has 0 aliphatic carbocycles. The number of benzene rings is 2. The Morgan fingerprint density at radius 1 is 1.19 bits per heavy atom. The molecular weight excluding hydrogens is 416 g/mol. The van der Waals surface area contributed by atoms with E-state index in [9.17, 15) is 9.59 Å². The molecule has 1 fully saturated rings. The first kappa shape index (κ1) is 21.4. The molecule has 2 amide bonds. The second kappa shape index (κ2) is 9.51. The molecule has 7 nitrogen and oxygen atoms in total. The van der Waals surface area contributed by atoms with Gasteiger partial charge in [0.25, 0.3) is 11.8 Å². The standard InChI is InChI=1S/C23H25ClN4O3/c1-27-9-11-28(12-10-27)8-7-25-22(29)17-5-6-20-19(15-17)26-23(30)21(31-20)14-16-3-2-4-18(24)13-16/h2-6,13-15H,7-12H2,1H3,(H,25,29)(H,26,30). The number of nitrogens with zero attached hydrogens (tertiary/aromatic N) is 2. The minimum absolute atomic E-state index is 0.166. The van der Waals surface area contributed by atoms with Crippen molar-refractivity contribution in [2.45, 2.75) is 0 Å². The largest absolute Gasteiger partial charge is 0.449 e. The number of anilines is 1. The molecular formula is C23H25ClN4O3. The van der Waals surface area contributed by atoms with Gasteiger partial charge in [-0.2, -0.15) is 0 Å². The van der Waals surface area contributed by atoms with Crippen molar-refractivity contribution >= 4 is 35.2 Å². The number of hydrogen-bond acceptors (Lipinski definition) is 5. The van der Waals surface area contributed by atoms with E-state index in [1.54, 1.807) is 42.5 Å². The van der Waals surface area contributed by atoms with Crippen LogP contribution in [0.5, 0.6) is 5.75 Å². The van der Waals surface area contributed by atoms with Gasteiger partial charge in [-0.3, -0.25) is 14.5 Å². The SMILES string of the molecule is CN1CCN(CCNC(=O)c2ccc3c(c2)NC(=O)C(=Cc2cccc(Cl)c2)O3)CC1. The number of carbonyl (C=O) groups is 2. The second-order valence-electron chi connectivity index (χ2n) is 7.73. The van der Waals surface area contributed by atoms with Gasteiger partial charge in [0.2, 0.25) is 0 Å². The van der Waals surface area contributed by atoms with Gasteiger partial charge in [0.05, 0.1) is 5.69 Å². The number of nitrogens with one attached hydrogen (secondary N) is 2. The monoisotopic (exact) mass is 440 g/mol. The van der Waals surface area contributed by atoms with E-state index in [1.807, 2.05) is 6.07 Å². The van der Waals surface area contributed by atoms with Crippen LogP contribution in [0.25, 0.3) is 6.08 Å². The summed E-state index contributed by atoms with van der Waals surface area (Å²) in [6.45, 7) is 5.52. The molecule has 2 aromatic rings. The number of rotatable bonds is 5. The fourth-order valence-corrected chi connectivity index (χ4v) is 3.75. The number of piperazine rings is 1. The predicted molar refractivity (Wildman–Crippen MR) is 121 cm³/mol. The van der Waals surface area contributed by atoms with Crippen molar-refractivity contribution in [1.29, 1.82) is 0 Å². The van der Waals surface area contributed by atoms with Crippen LogP contribution in [0.3, 0.4) is 0 Å². The van der Waals surface area contributed by atoms with Gasteiger partial charge in [0, 0.05) is 49.9 Å². The third kappa shape index (κ3) is 5.44. The summed E-state index contributed by atoms with van der Waals surface area (Å²) in [6, 6.07) is 12.2. The number of amides is 2. The zero-order valence-electron chi connectivity index (χ0n) is 17.4. The molecule has 8 heteroatoms. The number of carbonyl (C=O) groups excluding carboxylic acids is 2. The lowest BCUT2D eigenvalue weighted by atomic mass is 10.1. The van der Waals surface area contributed by atoms with Crippen LogP contribution in [-0.4, -0.2) is 67.9 Å². The molecule has 0 unspecified atom stereocenters. The van der Waals surface area contributed by atoms with Gasteiger partial charge in [-0.25, -0.2) is 0 Å². The molecule has 2 aliphatic heterocycles. The number of fused-ring (bicyclic) bond motifs is 1. The van der Waals surface area contributed by atoms with E-state index in [1.165, 1.54) is 0 Å². The van der Waals surface area contributed by atoms with Gasteiger partial charge in [-0.05, 0) is 49.0 Å². The highest BCUT2D eigenvalue weighted by Gasteiger charge is 2.23. The summed E-state index contributed by atoms with van der Waals surface area (Å²) in [6.07, 6.45) is 1.63. The van der Waals surface area contributed by atoms with E-state index < -0.39 is 0 Å². The maximum atomic E-state index is 12.5. The Kier molecular flexibility index (Phi) is 6.56. The smallest absolute Gasteiger partial charge is 0.291 e. The van der Waals surface area contributed by atoms with Crippen molar-refractivity contribution in [2.75, 3.05) is 51.6 Å². The van der Waals surface area contributed by atoms with Crippen molar-refractivity contribution in [3.63, 3.8) is 0 Å². The summed E-state index contributed by atoms with van der Waals surface area (Å²) in [5.74, 6) is 0.104. The fraction of sp³-hybridized carbons (Fsp3) is 0.304. The summed E-state index contributed by atoms with van der Waals surface area (Å²) in [5.41, 5.74) is 1.71. The molecule has 31 heavy (non-hydrogen) atoms. The van der Waals surface area contributed by atoms with Gasteiger partial charge in [-0.1, -0.05) is 23.7 Å². The van der Waals surface area contributed by atoms with Gasteiger partial charge in [0.1, 0.15) is 0 Å². The molecule has 2 aromatic carbocycles. The maximum absolute atomic E-state index is 12.5. The van der Waals surface area contributed by atoms with E-state index in [4.69, 9.17) is 16.3 Å². The quantitative estimate of drug-likeness (QED) is 0.699. The third-order valence-electron chi connectivity index (χ3n) is 5.39. The highest BCUT2D eigenvalue weighted by atomic mass is 35.5. The van der Waals surface area contributed by atoms with Crippen LogP contribution in [-0.2, 0) is 4.79 Å². The lowest BCUT2D eigenvalue weighted by molar-refractivity contribution is -0.115. The number of likely N-dealkylation sites (N-methyl/N-ethyl adjacent to an activating group) is 1. The first-order valence-electron chi connectivity index (χ1n) is 10.3. The Morgan fingerprint density at radius 2 is 2.00 bits per heavy atom. The molecule has 0 aromatic heterocycles. The van der Waals surface area contributed by atoms with Crippen LogP contribution in [0.15, 0.2) is 48.2 Å². The van der Waals surface area contributed by atoms with Crippen molar-refractivity contribution < 1.29 is 14.3 Å². The number of hydrogen-bond donors (Lipinski definition) is 2. The average molecular weight is 441 g/mol. The lowest BCUT2D eigenvalue weighted by Gasteiger charge is -2.32. The van der Waals surface area contributed by atoms with Gasteiger partial charge in [0.15, 0.2) is 11.5 Å². The van der Waals surface area contributed by atoms with E-state index in [0.717, 1.165) is 38.3 Å². The molecule has 0 radical (unpaired) electrons. The molecule has 4 rings (SSSR count). The van der Waals surface area contributed by atoms with Crippen molar-refractivity contribution in [3.8, 4) is 5.75 Å². The Morgan fingerprint density at radius 3 is 2.77 bits per heavy atom. The molecule has 1 saturated heterocycles. The Balaban J connectivity index is 1.37. The number of ether oxygens (including phenoxy) is 1. The Bertz CT molecular complexity index is 1020. The summed E-state index contributed by atoms with van der Waals surface area (Å²) in [5, 5.41) is 6.32. The van der Waals surface area contributed by atoms with Gasteiger partial charge in [-0.15, -0.1) is 0 Å². The van der Waals surface area contributed by atoms with Crippen LogP contribution in [0.1, 0.15) is 15.9 Å². The highest BCUT2D eigenvalue weighted by Crippen LogP contribution is 2.32. The molecule has 0 bridgehead atoms. The molecule has 2 aliphatic rings. The molecule has 2 heterocycles. The summed E-state index contributed by atoms with van der Waals surface area (Å²) < 4.78 is 5.76. The van der Waals surface area contributed by atoms with E-state index >= 15 is 0 Å². The molecule has 162 valence electrons. The van der Waals surface area contributed by atoms with Crippen LogP contribution in [0.2, 0.25) is 5.02 Å². The van der Waals surface area contributed by atoms with Crippen LogP contribution in [0.4, 0.5) is 5.69 Å². The summed E-state index contributed by atoms with van der Waals surface area (Å²) in [4.78, 5) is 29.6. The van der Waals surface area contributed by atoms with Crippen molar-refractivity contribution in [1.82, 2.24) is 15.1 Å². The highest BCUT2D eigenvalue weighted by molar-refractivity contribution is 6.30. The van der Waals surface area contributed by atoms with Crippen LogP contribution >= 0.6 is 11.6 Å². The maximum Gasteiger partial charge on any atom is 0.291 e. The minimum Gasteiger partial charge on any atom is -0.449 e. The Hall–Kier alpha value is -2.87. The first-order chi connectivity index (χ1) is 15.0. The average Bonchev–Trinajstić information content (AvgIpc) is 2.75. The summed E-state index contributed by atoms with van der Waals surface area (Å²) in [7, 11) is 2.12. The third-order valence-corrected chi connectivity index (χ3v) is 5.62. The van der Waals surface area contributed by atoms with Crippen molar-refractivity contribution in [3.05, 3.63) is 64.4 Å². The molecule has 0 saturated carbocycles. The predicted octanol–water partition coefficient (Wildman–Crippen LogP) is 2.69.